The van der Waals surface area contributed by atoms with Gasteiger partial charge in [-0.1, -0.05) is 58.3 Å². The van der Waals surface area contributed by atoms with Gasteiger partial charge in [-0.15, -0.1) is 0 Å². The first-order valence-corrected chi connectivity index (χ1v) is 9.27. The lowest BCUT2D eigenvalue weighted by atomic mass is 9.91. The highest BCUT2D eigenvalue weighted by molar-refractivity contribution is 5.10. The number of alkyl halides is 13. The molecule has 0 bridgehead atoms. The van der Waals surface area contributed by atoms with Crippen molar-refractivity contribution in [3.05, 3.63) is 0 Å². The van der Waals surface area contributed by atoms with Crippen LogP contribution in [0, 0.1) is 0 Å². The molecule has 30 heavy (non-hydrogen) atoms. The van der Waals surface area contributed by atoms with Crippen molar-refractivity contribution >= 4 is 0 Å². The van der Waals surface area contributed by atoms with Gasteiger partial charge in [0.25, 0.3) is 0 Å². The first kappa shape index (κ1) is 29.1. The summed E-state index contributed by atoms with van der Waals surface area (Å²) in [4.78, 5) is 0. The van der Waals surface area contributed by atoms with Gasteiger partial charge in [0.1, 0.15) is 0 Å². The Hall–Kier alpha value is -0.910. The molecule has 0 aromatic heterocycles. The summed E-state index contributed by atoms with van der Waals surface area (Å²) < 4.78 is 168. The molecule has 0 spiro atoms. The Morgan fingerprint density at radius 3 is 1.10 bits per heavy atom. The largest absolute Gasteiger partial charge is 0.460 e. The van der Waals surface area contributed by atoms with Crippen LogP contribution in [0.4, 0.5) is 57.1 Å². The van der Waals surface area contributed by atoms with Gasteiger partial charge >= 0.3 is 35.8 Å². The predicted molar refractivity (Wildman–Crippen MR) is 82.6 cm³/mol. The molecule has 0 rings (SSSR count). The Balaban J connectivity index is 5.08. The summed E-state index contributed by atoms with van der Waals surface area (Å²) in [6.07, 6.45) is -5.30. The fourth-order valence-electron chi connectivity index (χ4n) is 2.62. The van der Waals surface area contributed by atoms with Crippen molar-refractivity contribution in [3.63, 3.8) is 0 Å². The highest BCUT2D eigenvalue weighted by atomic mass is 19.4. The molecule has 182 valence electrons. The molecule has 13 heteroatoms. The Morgan fingerprint density at radius 2 is 0.733 bits per heavy atom. The molecule has 0 radical (unpaired) electrons. The monoisotopic (exact) mass is 474 g/mol. The third kappa shape index (κ3) is 5.86. The smallest absolute Gasteiger partial charge is 0.200 e. The minimum Gasteiger partial charge on any atom is -0.200 e. The van der Waals surface area contributed by atoms with Crippen molar-refractivity contribution < 1.29 is 57.1 Å². The van der Waals surface area contributed by atoms with Crippen LogP contribution in [0.15, 0.2) is 0 Å². The highest BCUT2D eigenvalue weighted by Crippen LogP contribution is 2.60. The molecule has 0 nitrogen and oxygen atoms in total. The van der Waals surface area contributed by atoms with E-state index in [0.29, 0.717) is 12.8 Å². The van der Waals surface area contributed by atoms with Crippen molar-refractivity contribution in [1.29, 1.82) is 0 Å². The molecule has 0 aromatic carbocycles. The molecule has 0 aromatic rings. The van der Waals surface area contributed by atoms with Crippen LogP contribution in [0.5, 0.6) is 0 Å². The lowest BCUT2D eigenvalue weighted by molar-refractivity contribution is -0.440. The SMILES string of the molecule is CCCCCCCCCCCC(F)(F)C(F)(F)C(F)(F)C(F)(F)C(F)(F)C(F)(F)F. The van der Waals surface area contributed by atoms with E-state index in [2.05, 4.69) is 0 Å². The van der Waals surface area contributed by atoms with E-state index in [9.17, 15) is 57.1 Å². The van der Waals surface area contributed by atoms with E-state index in [4.69, 9.17) is 0 Å². The molecule has 0 saturated carbocycles. The van der Waals surface area contributed by atoms with Gasteiger partial charge in [0.2, 0.25) is 0 Å². The maximum atomic E-state index is 13.5. The zero-order valence-corrected chi connectivity index (χ0v) is 16.0. The summed E-state index contributed by atoms with van der Waals surface area (Å²) in [6, 6.07) is 0. The Bertz CT molecular complexity index is 508. The number of unbranched alkanes of at least 4 members (excludes halogenated alkanes) is 8. The van der Waals surface area contributed by atoms with Crippen molar-refractivity contribution in [3.8, 4) is 0 Å². The second-order valence-electron chi connectivity index (χ2n) is 7.08. The zero-order valence-electron chi connectivity index (χ0n) is 16.0. The van der Waals surface area contributed by atoms with E-state index in [1.165, 1.54) is 0 Å². The van der Waals surface area contributed by atoms with Crippen molar-refractivity contribution in [2.45, 2.75) is 107 Å². The fourth-order valence-corrected chi connectivity index (χ4v) is 2.62. The minimum absolute atomic E-state index is 0.167. The third-order valence-corrected chi connectivity index (χ3v) is 4.59. The molecule has 0 heterocycles. The molecule has 0 unspecified atom stereocenters. The molecule has 0 atom stereocenters. The maximum Gasteiger partial charge on any atom is 0.460 e. The molecule has 0 saturated heterocycles. The van der Waals surface area contributed by atoms with Gasteiger partial charge < -0.3 is 0 Å². The maximum absolute atomic E-state index is 13.5. The number of rotatable bonds is 14. The van der Waals surface area contributed by atoms with Gasteiger partial charge in [0, 0.05) is 6.42 Å². The molecule has 0 aliphatic rings. The van der Waals surface area contributed by atoms with E-state index in [1.807, 2.05) is 6.92 Å². The number of halogens is 13. The van der Waals surface area contributed by atoms with E-state index in [0.717, 1.165) is 25.7 Å². The average Bonchev–Trinajstić information content (AvgIpc) is 2.58. The lowest BCUT2D eigenvalue weighted by Gasteiger charge is -2.39. The van der Waals surface area contributed by atoms with E-state index in [1.54, 1.807) is 0 Å². The molecular formula is C17H23F13. The van der Waals surface area contributed by atoms with E-state index < -0.39 is 48.6 Å². The quantitative estimate of drug-likeness (QED) is 0.175. The van der Waals surface area contributed by atoms with Crippen LogP contribution in [0.2, 0.25) is 0 Å². The fraction of sp³-hybridized carbons (Fsp3) is 1.00. The van der Waals surface area contributed by atoms with Gasteiger partial charge in [-0.05, 0) is 6.42 Å². The predicted octanol–water partition coefficient (Wildman–Crippen LogP) is 8.65. The summed E-state index contributed by atoms with van der Waals surface area (Å²) in [5, 5.41) is 0. The van der Waals surface area contributed by atoms with Gasteiger partial charge in [0.05, 0.1) is 0 Å². The summed E-state index contributed by atoms with van der Waals surface area (Å²) in [6.45, 7) is 1.97. The first-order valence-electron chi connectivity index (χ1n) is 9.27. The van der Waals surface area contributed by atoms with E-state index >= 15 is 0 Å². The van der Waals surface area contributed by atoms with Crippen LogP contribution in [0.25, 0.3) is 0 Å². The molecule has 0 amide bonds. The van der Waals surface area contributed by atoms with Crippen molar-refractivity contribution in [1.82, 2.24) is 0 Å². The standard InChI is InChI=1S/C17H23F13/c1-2-3-4-5-6-7-8-9-10-11-12(18,19)13(20,21)14(22,23)15(24,25)16(26,27)17(28,29)30/h2-11H2,1H3. The second-order valence-corrected chi connectivity index (χ2v) is 7.08. The van der Waals surface area contributed by atoms with Crippen LogP contribution in [0.3, 0.4) is 0 Å². The normalized spacial score (nSPS) is 15.0. The average molecular weight is 474 g/mol. The Morgan fingerprint density at radius 1 is 0.400 bits per heavy atom. The summed E-state index contributed by atoms with van der Waals surface area (Å²) in [7, 11) is 0. The minimum atomic E-state index is -7.82. The third-order valence-electron chi connectivity index (χ3n) is 4.59. The molecule has 0 aliphatic heterocycles. The number of hydrogen-bond acceptors (Lipinski definition) is 0. The van der Waals surface area contributed by atoms with E-state index in [-0.39, 0.29) is 12.8 Å². The Labute approximate surface area is 165 Å². The second kappa shape index (κ2) is 10.1. The zero-order chi connectivity index (χ0) is 24.1. The molecule has 0 fully saturated rings. The Kier molecular flexibility index (Phi) is 9.83. The first-order chi connectivity index (χ1) is 13.3. The van der Waals surface area contributed by atoms with Crippen LogP contribution in [-0.2, 0) is 0 Å². The molecular weight excluding hydrogens is 451 g/mol. The summed E-state index contributed by atoms with van der Waals surface area (Å²) >= 11 is 0. The van der Waals surface area contributed by atoms with Gasteiger partial charge in [-0.2, -0.15) is 57.1 Å². The van der Waals surface area contributed by atoms with Crippen molar-refractivity contribution in [2.75, 3.05) is 0 Å². The van der Waals surface area contributed by atoms with Crippen LogP contribution in [-0.4, -0.2) is 35.8 Å². The highest BCUT2D eigenvalue weighted by Gasteiger charge is 2.90. The van der Waals surface area contributed by atoms with Crippen LogP contribution >= 0.6 is 0 Å². The van der Waals surface area contributed by atoms with Crippen molar-refractivity contribution in [2.24, 2.45) is 0 Å². The molecule has 0 N–H and O–H groups in total. The summed E-state index contributed by atoms with van der Waals surface area (Å²) in [5.41, 5.74) is 0. The summed E-state index contributed by atoms with van der Waals surface area (Å²) in [5.74, 6) is -36.3. The molecule has 0 aliphatic carbocycles. The number of hydrogen-bond donors (Lipinski definition) is 0. The van der Waals surface area contributed by atoms with Gasteiger partial charge in [-0.3, -0.25) is 0 Å². The van der Waals surface area contributed by atoms with Gasteiger partial charge in [0.15, 0.2) is 0 Å². The van der Waals surface area contributed by atoms with Gasteiger partial charge in [-0.25, -0.2) is 0 Å². The lowest BCUT2D eigenvalue weighted by Crippen LogP contribution is -2.70. The van der Waals surface area contributed by atoms with Crippen LogP contribution in [0.1, 0.15) is 71.1 Å². The topological polar surface area (TPSA) is 0 Å². The van der Waals surface area contributed by atoms with Crippen LogP contribution < -0.4 is 0 Å².